The number of halogens is 6. The van der Waals surface area contributed by atoms with Gasteiger partial charge in [-0.15, -0.1) is 0 Å². The largest absolute Gasteiger partial charge is 0.412 e. The Hall–Kier alpha value is -2.91. The number of aromatic nitrogens is 4. The zero-order valence-corrected chi connectivity index (χ0v) is 24.5. The number of hydrogen-bond donors (Lipinski definition) is 3. The summed E-state index contributed by atoms with van der Waals surface area (Å²) in [5.74, 6) is -1.81. The van der Waals surface area contributed by atoms with Crippen LogP contribution in [-0.2, 0) is 19.1 Å². The number of primary sulfonamides is 1. The van der Waals surface area contributed by atoms with Gasteiger partial charge < -0.3 is 16.6 Å². The average Bonchev–Trinajstić information content (AvgIpc) is 2.83. The summed E-state index contributed by atoms with van der Waals surface area (Å²) in [5, 5.41) is 4.01. The summed E-state index contributed by atoms with van der Waals surface area (Å²) in [6.45, 7) is 0. The Morgan fingerprint density at radius 1 is 0.750 bits per heavy atom. The van der Waals surface area contributed by atoms with E-state index >= 15 is 0 Å². The Kier molecular flexibility index (Phi) is 18.1. The van der Waals surface area contributed by atoms with E-state index in [2.05, 4.69) is 48.1 Å². The molecule has 0 fully saturated rings. The van der Waals surface area contributed by atoms with Crippen LogP contribution >= 0.6 is 38.8 Å². The molecule has 0 spiro atoms. The highest BCUT2D eigenvalue weighted by atomic mass is 79.9. The van der Waals surface area contributed by atoms with Crippen LogP contribution in [0.2, 0.25) is 0 Å². The van der Waals surface area contributed by atoms with E-state index in [9.17, 15) is 34.4 Å². The molecule has 0 saturated heterocycles. The lowest BCUT2D eigenvalue weighted by atomic mass is 10.5. The van der Waals surface area contributed by atoms with Gasteiger partial charge in [0.05, 0.1) is 18.6 Å². The Bertz CT molecular complexity index is 1470. The van der Waals surface area contributed by atoms with Gasteiger partial charge in [-0.05, 0) is 64.5 Å². The van der Waals surface area contributed by atoms with E-state index in [1.165, 1.54) is 24.4 Å². The van der Waals surface area contributed by atoms with E-state index in [0.29, 0.717) is 9.24 Å². The number of hydrogen-bond acceptors (Lipinski definition) is 9. The fraction of sp³-hybridized carbons (Fsp3) is 0. The summed E-state index contributed by atoms with van der Waals surface area (Å²) >= 11 is 7.72. The highest BCUT2D eigenvalue weighted by Gasteiger charge is 2.10. The monoisotopic (exact) mass is 710 g/mol. The molecular formula is C20H20BrClF4N6O5S3. The standard InChI is InChI=1S/C5H3BrFN.C5H3ClFNO2S.C5H5FN2O2S.C5H4FNS.H3N.H2O/c6-5-2-1-4(7)3-8-5;6-11(9,10)5-2-1-4(7)3-8-5;6-4-1-2-5(8-3-4)11(7,9)10;6-4-1-2-5(8)7-3-4;;/h1-3H;1-3H;1-3H,(H2,7,9,10);1-3H,(H,7,8);1H3;1H2. The molecule has 11 nitrogen and oxygen atoms in total. The van der Waals surface area contributed by atoms with Crippen LogP contribution < -0.4 is 11.3 Å². The minimum Gasteiger partial charge on any atom is -0.412 e. The van der Waals surface area contributed by atoms with Crippen LogP contribution in [0.1, 0.15) is 0 Å². The van der Waals surface area contributed by atoms with Crippen LogP contribution in [0.4, 0.5) is 17.6 Å². The Morgan fingerprint density at radius 3 is 1.45 bits per heavy atom. The molecule has 0 bridgehead atoms. The van der Waals surface area contributed by atoms with Crippen molar-refractivity contribution < 1.29 is 39.9 Å². The van der Waals surface area contributed by atoms with Crippen molar-refractivity contribution in [3.8, 4) is 0 Å². The lowest BCUT2D eigenvalue weighted by Crippen LogP contribution is -2.13. The summed E-state index contributed by atoms with van der Waals surface area (Å²) in [5.41, 5.74) is 0. The molecular weight excluding hydrogens is 692 g/mol. The molecule has 0 unspecified atom stereocenters. The molecule has 220 valence electrons. The van der Waals surface area contributed by atoms with E-state index in [1.54, 1.807) is 6.07 Å². The molecule has 0 aromatic carbocycles. The molecule has 0 atom stereocenters. The highest BCUT2D eigenvalue weighted by Crippen LogP contribution is 2.10. The second kappa shape index (κ2) is 18.4. The third-order valence-corrected chi connectivity index (χ3v) is 6.14. The summed E-state index contributed by atoms with van der Waals surface area (Å²) in [6, 6.07) is 9.67. The molecule has 20 heteroatoms. The van der Waals surface area contributed by atoms with Crippen molar-refractivity contribution in [3.05, 3.63) is 106 Å². The molecule has 4 rings (SSSR count). The Morgan fingerprint density at radius 2 is 1.18 bits per heavy atom. The molecule has 0 aliphatic carbocycles. The van der Waals surface area contributed by atoms with Gasteiger partial charge in [0.15, 0.2) is 10.1 Å². The van der Waals surface area contributed by atoms with E-state index in [0.717, 1.165) is 42.9 Å². The second-order valence-electron chi connectivity index (χ2n) is 6.28. The molecule has 4 aromatic rings. The van der Waals surface area contributed by atoms with Crippen LogP contribution in [-0.4, -0.2) is 42.2 Å². The van der Waals surface area contributed by atoms with Crippen molar-refractivity contribution in [1.82, 2.24) is 26.1 Å². The molecule has 8 N–H and O–H groups in total. The van der Waals surface area contributed by atoms with Crippen LogP contribution in [0.15, 0.2) is 88.0 Å². The average molecular weight is 712 g/mol. The quantitative estimate of drug-likeness (QED) is 0.117. The number of H-pyrrole nitrogens is 1. The molecule has 40 heavy (non-hydrogen) atoms. The van der Waals surface area contributed by atoms with E-state index in [4.69, 9.17) is 15.8 Å². The number of nitrogens with two attached hydrogens (primary N) is 1. The molecule has 0 radical (unpaired) electrons. The molecule has 0 aliphatic heterocycles. The predicted molar refractivity (Wildman–Crippen MR) is 145 cm³/mol. The van der Waals surface area contributed by atoms with Gasteiger partial charge >= 0.3 is 0 Å². The maximum atomic E-state index is 12.2. The van der Waals surface area contributed by atoms with Crippen LogP contribution in [0.25, 0.3) is 0 Å². The van der Waals surface area contributed by atoms with Crippen molar-refractivity contribution in [1.29, 1.82) is 0 Å². The van der Waals surface area contributed by atoms with Gasteiger partial charge in [0.2, 0.25) is 0 Å². The highest BCUT2D eigenvalue weighted by molar-refractivity contribution is 9.10. The van der Waals surface area contributed by atoms with Gasteiger partial charge in [0.1, 0.15) is 32.5 Å². The van der Waals surface area contributed by atoms with E-state index in [-0.39, 0.29) is 33.3 Å². The van der Waals surface area contributed by atoms with E-state index in [1.807, 2.05) is 0 Å². The maximum absolute atomic E-state index is 12.2. The molecule has 0 amide bonds. The Labute approximate surface area is 244 Å². The lowest BCUT2D eigenvalue weighted by molar-refractivity contribution is 0.589. The van der Waals surface area contributed by atoms with Gasteiger partial charge in [0, 0.05) is 16.9 Å². The summed E-state index contributed by atoms with van der Waals surface area (Å²) < 4.78 is 91.7. The zero-order chi connectivity index (χ0) is 28.9. The number of sulfonamides is 1. The maximum Gasteiger partial charge on any atom is 0.278 e. The van der Waals surface area contributed by atoms with Crippen molar-refractivity contribution in [2.24, 2.45) is 5.14 Å². The molecule has 0 saturated carbocycles. The number of aromatic amines is 1. The van der Waals surface area contributed by atoms with Crippen LogP contribution in [0.5, 0.6) is 0 Å². The first-order valence-electron chi connectivity index (χ1n) is 9.40. The van der Waals surface area contributed by atoms with Crippen molar-refractivity contribution in [3.63, 3.8) is 0 Å². The van der Waals surface area contributed by atoms with Gasteiger partial charge in [0.25, 0.3) is 19.1 Å². The second-order valence-corrected chi connectivity index (χ2v) is 11.6. The number of pyridine rings is 4. The smallest absolute Gasteiger partial charge is 0.278 e. The molecule has 0 aliphatic rings. The normalized spacial score (nSPS) is 9.97. The van der Waals surface area contributed by atoms with Gasteiger partial charge in [-0.2, -0.15) is 0 Å². The molecule has 4 heterocycles. The SMILES string of the molecule is Fc1ccc(=S)[nH]c1.Fc1ccc(Br)nc1.N.NS(=O)(=O)c1ccc(F)cn1.O.O=S(=O)(Cl)c1ccc(F)cn1. The minimum atomic E-state index is -3.83. The number of nitrogens with one attached hydrogen (secondary N) is 1. The fourth-order valence-electron chi connectivity index (χ4n) is 1.79. The van der Waals surface area contributed by atoms with Crippen molar-refractivity contribution in [2.45, 2.75) is 10.1 Å². The fourth-order valence-corrected chi connectivity index (χ4v) is 3.29. The van der Waals surface area contributed by atoms with Gasteiger partial charge in [-0.3, -0.25) is 0 Å². The van der Waals surface area contributed by atoms with Gasteiger partial charge in [-0.1, -0.05) is 12.2 Å². The summed E-state index contributed by atoms with van der Waals surface area (Å²) in [7, 11) is -2.72. The third kappa shape index (κ3) is 16.9. The van der Waals surface area contributed by atoms with Crippen molar-refractivity contribution in [2.75, 3.05) is 0 Å². The summed E-state index contributed by atoms with van der Waals surface area (Å²) in [4.78, 5) is 12.7. The summed E-state index contributed by atoms with van der Waals surface area (Å²) in [6.07, 6.45) is 3.96. The predicted octanol–water partition coefficient (Wildman–Crippen LogP) is 4.22. The topological polar surface area (TPSA) is 215 Å². The van der Waals surface area contributed by atoms with Gasteiger partial charge in [-0.25, -0.2) is 54.5 Å². The number of rotatable bonds is 2. The van der Waals surface area contributed by atoms with Crippen molar-refractivity contribution >= 4 is 57.9 Å². The number of nitrogens with zero attached hydrogens (tertiary/aromatic N) is 3. The first kappa shape index (κ1) is 39.2. The van der Waals surface area contributed by atoms with E-state index < -0.39 is 30.7 Å². The van der Waals surface area contributed by atoms with Crippen LogP contribution in [0, 0.1) is 27.9 Å². The lowest BCUT2D eigenvalue weighted by Gasteiger charge is -1.93. The van der Waals surface area contributed by atoms with Crippen LogP contribution in [0.3, 0.4) is 0 Å². The Balaban J connectivity index is 0. The first-order chi connectivity index (χ1) is 17.6. The zero-order valence-electron chi connectivity index (χ0n) is 19.7. The third-order valence-electron chi connectivity index (χ3n) is 3.38. The minimum absolute atomic E-state index is 0. The first-order valence-corrected chi connectivity index (χ1v) is 14.5. The molecule has 4 aromatic heterocycles.